The fourth-order valence-electron chi connectivity index (χ4n) is 2.89. The van der Waals surface area contributed by atoms with Crippen molar-refractivity contribution in [2.75, 3.05) is 14.2 Å². The Bertz CT molecular complexity index is 497. The Balaban J connectivity index is 2.00. The summed E-state index contributed by atoms with van der Waals surface area (Å²) in [4.78, 5) is 11.6. The number of rotatable bonds is 2. The number of hydrogen-bond acceptors (Lipinski definition) is 4. The van der Waals surface area contributed by atoms with Crippen molar-refractivity contribution in [3.63, 3.8) is 0 Å². The molecular formula is C14H16O4. The van der Waals surface area contributed by atoms with Gasteiger partial charge in [-0.3, -0.25) is 0 Å². The highest BCUT2D eigenvalue weighted by Crippen LogP contribution is 2.54. The Morgan fingerprint density at radius 2 is 2.28 bits per heavy atom. The Kier molecular flexibility index (Phi) is 2.55. The van der Waals surface area contributed by atoms with E-state index in [1.54, 1.807) is 7.11 Å². The van der Waals surface area contributed by atoms with E-state index in [0.717, 1.165) is 30.6 Å². The van der Waals surface area contributed by atoms with Crippen molar-refractivity contribution in [3.05, 3.63) is 29.3 Å². The van der Waals surface area contributed by atoms with Gasteiger partial charge < -0.3 is 14.2 Å². The first-order valence-electron chi connectivity index (χ1n) is 6.14. The minimum Gasteiger partial charge on any atom is -0.497 e. The molecule has 1 fully saturated rings. The van der Waals surface area contributed by atoms with E-state index in [1.807, 2.05) is 12.1 Å². The summed E-state index contributed by atoms with van der Waals surface area (Å²) in [6, 6.07) is 6.00. The van der Waals surface area contributed by atoms with Gasteiger partial charge in [0, 0.05) is 0 Å². The molecule has 4 nitrogen and oxygen atoms in total. The van der Waals surface area contributed by atoms with Crippen LogP contribution in [0.25, 0.3) is 0 Å². The number of benzene rings is 1. The van der Waals surface area contributed by atoms with Crippen LogP contribution < -0.4 is 4.74 Å². The highest BCUT2D eigenvalue weighted by atomic mass is 16.7. The topological polar surface area (TPSA) is 48.1 Å². The fraction of sp³-hybridized carbons (Fsp3) is 0.500. The molecule has 1 aliphatic carbocycles. The van der Waals surface area contributed by atoms with Gasteiger partial charge in [-0.2, -0.15) is 0 Å². The molecular weight excluding hydrogens is 232 g/mol. The summed E-state index contributed by atoms with van der Waals surface area (Å²) in [6.45, 7) is 0. The lowest BCUT2D eigenvalue weighted by atomic mass is 9.80. The number of methoxy groups -OCH3 is 2. The zero-order chi connectivity index (χ0) is 12.8. The van der Waals surface area contributed by atoms with E-state index in [4.69, 9.17) is 14.2 Å². The number of ether oxygens (including phenoxy) is 3. The first kappa shape index (κ1) is 11.5. The minimum atomic E-state index is -0.463. The number of carbonyl (C=O) groups excluding carboxylic acids is 1. The lowest BCUT2D eigenvalue weighted by Gasteiger charge is -2.23. The van der Waals surface area contributed by atoms with Crippen molar-refractivity contribution in [3.8, 4) is 5.75 Å². The lowest BCUT2D eigenvalue weighted by Crippen LogP contribution is -2.24. The average molecular weight is 248 g/mol. The number of fused-ring (bicyclic) bond motifs is 2. The molecule has 2 aliphatic rings. The Morgan fingerprint density at radius 3 is 3.00 bits per heavy atom. The van der Waals surface area contributed by atoms with Crippen LogP contribution in [0.5, 0.6) is 5.75 Å². The Hall–Kier alpha value is -1.55. The second-order valence-corrected chi connectivity index (χ2v) is 4.79. The van der Waals surface area contributed by atoms with Crippen LogP contribution in [-0.2, 0) is 26.3 Å². The van der Waals surface area contributed by atoms with E-state index in [1.165, 1.54) is 12.7 Å². The molecule has 1 aliphatic heterocycles. The van der Waals surface area contributed by atoms with Crippen molar-refractivity contribution >= 4 is 5.97 Å². The predicted octanol–water partition coefficient (Wildman–Crippen LogP) is 1.80. The zero-order valence-electron chi connectivity index (χ0n) is 10.6. The number of hydrogen-bond donors (Lipinski definition) is 0. The third-order valence-electron chi connectivity index (χ3n) is 3.88. The van der Waals surface area contributed by atoms with Gasteiger partial charge in [0.1, 0.15) is 11.4 Å². The van der Waals surface area contributed by atoms with Gasteiger partial charge in [-0.15, -0.1) is 0 Å². The third kappa shape index (κ3) is 1.52. The van der Waals surface area contributed by atoms with E-state index in [-0.39, 0.29) is 5.97 Å². The van der Waals surface area contributed by atoms with E-state index in [9.17, 15) is 4.79 Å². The van der Waals surface area contributed by atoms with Crippen LogP contribution in [0.4, 0.5) is 0 Å². The molecule has 0 radical (unpaired) electrons. The fourth-order valence-corrected chi connectivity index (χ4v) is 2.89. The van der Waals surface area contributed by atoms with Gasteiger partial charge in [-0.1, -0.05) is 6.07 Å². The summed E-state index contributed by atoms with van der Waals surface area (Å²) in [5.74, 6) is 0.514. The van der Waals surface area contributed by atoms with Gasteiger partial charge in [-0.25, -0.2) is 4.79 Å². The molecule has 96 valence electrons. The molecule has 1 spiro atoms. The molecule has 0 N–H and O–H groups in total. The molecule has 1 aromatic rings. The summed E-state index contributed by atoms with van der Waals surface area (Å²) in [5.41, 5.74) is 1.87. The number of epoxide rings is 1. The van der Waals surface area contributed by atoms with Crippen molar-refractivity contribution in [2.45, 2.75) is 31.0 Å². The number of esters is 1. The van der Waals surface area contributed by atoms with E-state index >= 15 is 0 Å². The highest BCUT2D eigenvalue weighted by molar-refractivity contribution is 5.80. The monoisotopic (exact) mass is 248 g/mol. The standard InChI is InChI=1S/C14H16O4/c1-16-10-6-5-9-4-3-7-14(11(9)8-10)12(18-14)13(15)17-2/h5-6,8,12H,3-4,7H2,1-2H3. The molecule has 4 heteroatoms. The van der Waals surface area contributed by atoms with Crippen LogP contribution >= 0.6 is 0 Å². The van der Waals surface area contributed by atoms with Gasteiger partial charge in [0.05, 0.1) is 14.2 Å². The van der Waals surface area contributed by atoms with Gasteiger partial charge in [0.25, 0.3) is 0 Å². The van der Waals surface area contributed by atoms with Crippen LogP contribution in [0.15, 0.2) is 18.2 Å². The molecule has 0 amide bonds. The van der Waals surface area contributed by atoms with Crippen LogP contribution in [0.1, 0.15) is 24.0 Å². The maximum absolute atomic E-state index is 11.6. The molecule has 1 saturated heterocycles. The van der Waals surface area contributed by atoms with E-state index in [2.05, 4.69) is 6.07 Å². The maximum atomic E-state index is 11.6. The van der Waals surface area contributed by atoms with Crippen molar-refractivity contribution < 1.29 is 19.0 Å². The van der Waals surface area contributed by atoms with Crippen molar-refractivity contribution in [1.29, 1.82) is 0 Å². The predicted molar refractivity (Wildman–Crippen MR) is 64.5 cm³/mol. The Morgan fingerprint density at radius 1 is 1.44 bits per heavy atom. The van der Waals surface area contributed by atoms with Gasteiger partial charge in [0.2, 0.25) is 0 Å². The first-order chi connectivity index (χ1) is 8.71. The molecule has 1 heterocycles. The van der Waals surface area contributed by atoms with Crippen LogP contribution in [-0.4, -0.2) is 26.3 Å². The van der Waals surface area contributed by atoms with Crippen LogP contribution in [0, 0.1) is 0 Å². The summed E-state index contributed by atoms with van der Waals surface area (Å²) >= 11 is 0. The highest BCUT2D eigenvalue weighted by Gasteiger charge is 2.63. The second-order valence-electron chi connectivity index (χ2n) is 4.79. The molecule has 0 aromatic heterocycles. The normalized spacial score (nSPS) is 28.7. The average Bonchev–Trinajstić information content (AvgIpc) is 3.13. The van der Waals surface area contributed by atoms with Gasteiger partial charge in [-0.05, 0) is 42.5 Å². The molecule has 1 aromatic carbocycles. The second kappa shape index (κ2) is 3.99. The summed E-state index contributed by atoms with van der Waals surface area (Å²) < 4.78 is 15.7. The first-order valence-corrected chi connectivity index (χ1v) is 6.14. The van der Waals surface area contributed by atoms with Crippen LogP contribution in [0.2, 0.25) is 0 Å². The molecule has 3 rings (SSSR count). The van der Waals surface area contributed by atoms with E-state index < -0.39 is 11.7 Å². The smallest absolute Gasteiger partial charge is 0.338 e. The van der Waals surface area contributed by atoms with Gasteiger partial charge in [0.15, 0.2) is 6.10 Å². The molecule has 0 bridgehead atoms. The zero-order valence-corrected chi connectivity index (χ0v) is 10.6. The summed E-state index contributed by atoms with van der Waals surface area (Å²) in [5, 5.41) is 0. The summed E-state index contributed by atoms with van der Waals surface area (Å²) in [7, 11) is 3.04. The third-order valence-corrected chi connectivity index (χ3v) is 3.88. The quantitative estimate of drug-likeness (QED) is 0.591. The Labute approximate surface area is 106 Å². The van der Waals surface area contributed by atoms with Crippen LogP contribution in [0.3, 0.4) is 0 Å². The maximum Gasteiger partial charge on any atom is 0.338 e. The molecule has 0 saturated carbocycles. The number of carbonyl (C=O) groups is 1. The lowest BCUT2D eigenvalue weighted by molar-refractivity contribution is -0.142. The van der Waals surface area contributed by atoms with Gasteiger partial charge >= 0.3 is 5.97 Å². The number of aryl methyl sites for hydroxylation is 1. The minimum absolute atomic E-state index is 0.286. The SMILES string of the molecule is COC(=O)C1OC12CCCc1ccc(OC)cc12. The van der Waals surface area contributed by atoms with Crippen molar-refractivity contribution in [1.82, 2.24) is 0 Å². The van der Waals surface area contributed by atoms with E-state index in [0.29, 0.717) is 0 Å². The summed E-state index contributed by atoms with van der Waals surface area (Å²) in [6.07, 6.45) is 2.48. The molecule has 2 unspecified atom stereocenters. The largest absolute Gasteiger partial charge is 0.497 e. The molecule has 2 atom stereocenters. The molecule has 18 heavy (non-hydrogen) atoms. The van der Waals surface area contributed by atoms with Crippen molar-refractivity contribution in [2.24, 2.45) is 0 Å².